The van der Waals surface area contributed by atoms with E-state index in [9.17, 15) is 4.79 Å². The van der Waals surface area contributed by atoms with Crippen molar-refractivity contribution in [2.24, 2.45) is 4.99 Å². The molecule has 2 rings (SSSR count). The highest BCUT2D eigenvalue weighted by Crippen LogP contribution is 2.29. The molecule has 0 spiro atoms. The average molecular weight is 352 g/mol. The van der Waals surface area contributed by atoms with Crippen LogP contribution in [-0.4, -0.2) is 23.7 Å². The molecule has 0 saturated carbocycles. The molecule has 1 amide bonds. The summed E-state index contributed by atoms with van der Waals surface area (Å²) in [4.78, 5) is 18.7. The maximum atomic E-state index is 10.6. The van der Waals surface area contributed by atoms with Crippen LogP contribution in [0.5, 0.6) is 11.5 Å². The van der Waals surface area contributed by atoms with Gasteiger partial charge in [0.25, 0.3) is 0 Å². The van der Waals surface area contributed by atoms with Crippen LogP contribution in [0.2, 0.25) is 0 Å². The molecule has 2 aromatic rings. The van der Waals surface area contributed by atoms with E-state index in [4.69, 9.17) is 9.47 Å². The van der Waals surface area contributed by atoms with Gasteiger partial charge in [-0.05, 0) is 57.0 Å². The Bertz CT molecular complexity index is 803. The third kappa shape index (κ3) is 5.02. The zero-order valence-electron chi connectivity index (χ0n) is 15.7. The largest absolute Gasteiger partial charge is 0.490 e. The zero-order valence-corrected chi connectivity index (χ0v) is 15.7. The van der Waals surface area contributed by atoms with Crippen LogP contribution in [0.3, 0.4) is 0 Å². The monoisotopic (exact) mass is 352 g/mol. The molecule has 0 aliphatic rings. The molecule has 0 unspecified atom stereocenters. The van der Waals surface area contributed by atoms with Gasteiger partial charge in [-0.3, -0.25) is 9.78 Å². The molecule has 136 valence electrons. The quantitative estimate of drug-likeness (QED) is 0.406. The number of hydrogen-bond acceptors (Lipinski definition) is 4. The van der Waals surface area contributed by atoms with Crippen LogP contribution in [0.4, 0.5) is 0 Å². The summed E-state index contributed by atoms with van der Waals surface area (Å²) < 4.78 is 11.8. The second kappa shape index (κ2) is 9.51. The zero-order chi connectivity index (χ0) is 18.9. The molecule has 5 heteroatoms. The molecule has 0 aliphatic carbocycles. The van der Waals surface area contributed by atoms with Gasteiger partial charge in [-0.1, -0.05) is 18.2 Å². The lowest BCUT2D eigenvalue weighted by Crippen LogP contribution is -2.08. The molecule has 0 aliphatic heterocycles. The predicted octanol–water partition coefficient (Wildman–Crippen LogP) is 4.20. The van der Waals surface area contributed by atoms with Crippen LogP contribution in [0, 0.1) is 13.8 Å². The van der Waals surface area contributed by atoms with Gasteiger partial charge in [0.15, 0.2) is 0 Å². The third-order valence-corrected chi connectivity index (χ3v) is 3.87. The molecule has 0 N–H and O–H groups in total. The van der Waals surface area contributed by atoms with Gasteiger partial charge < -0.3 is 9.47 Å². The first-order valence-electron chi connectivity index (χ1n) is 8.47. The van der Waals surface area contributed by atoms with Crippen molar-refractivity contribution in [3.05, 3.63) is 65.0 Å². The van der Waals surface area contributed by atoms with E-state index in [1.54, 1.807) is 13.1 Å². The third-order valence-electron chi connectivity index (χ3n) is 3.87. The molecule has 1 aromatic heterocycles. The summed E-state index contributed by atoms with van der Waals surface area (Å²) in [6.45, 7) is 8.60. The molecule has 5 nitrogen and oxygen atoms in total. The number of aliphatic imine (C=N–C) groups is 1. The Morgan fingerprint density at radius 3 is 2.62 bits per heavy atom. The summed E-state index contributed by atoms with van der Waals surface area (Å²) in [6, 6.07) is 7.70. The minimum Gasteiger partial charge on any atom is -0.490 e. The fourth-order valence-electron chi connectivity index (χ4n) is 2.63. The van der Waals surface area contributed by atoms with E-state index < -0.39 is 0 Å². The van der Waals surface area contributed by atoms with Gasteiger partial charge in [0, 0.05) is 11.8 Å². The Morgan fingerprint density at radius 2 is 1.96 bits per heavy atom. The van der Waals surface area contributed by atoms with Crippen LogP contribution >= 0.6 is 0 Å². The summed E-state index contributed by atoms with van der Waals surface area (Å²) in [6.07, 6.45) is 6.12. The van der Waals surface area contributed by atoms with Gasteiger partial charge in [-0.25, -0.2) is 4.99 Å². The van der Waals surface area contributed by atoms with E-state index in [2.05, 4.69) is 9.98 Å². The Morgan fingerprint density at radius 1 is 1.23 bits per heavy atom. The Hall–Kier alpha value is -2.95. The normalized spacial score (nSPS) is 11.6. The lowest BCUT2D eigenvalue weighted by Gasteiger charge is -2.15. The molecule has 26 heavy (non-hydrogen) atoms. The number of carbonyl (C=O) groups excluding carboxylic acids is 1. The van der Waals surface area contributed by atoms with Crippen LogP contribution in [0.15, 0.2) is 47.6 Å². The number of rotatable bonds is 8. The minimum absolute atomic E-state index is 0.343. The van der Waals surface area contributed by atoms with E-state index >= 15 is 0 Å². The Kier molecular flexibility index (Phi) is 7.09. The number of carbonyl (C=O) groups is 1. The topological polar surface area (TPSA) is 60.8 Å². The second-order valence-corrected chi connectivity index (χ2v) is 5.89. The minimum atomic E-state index is 0.343. The molecule has 0 bridgehead atoms. The highest BCUT2D eigenvalue weighted by Gasteiger charge is 2.11. The first kappa shape index (κ1) is 19.4. The van der Waals surface area contributed by atoms with Gasteiger partial charge in [-0.2, -0.15) is 0 Å². The van der Waals surface area contributed by atoms with Crippen LogP contribution in [0.1, 0.15) is 36.2 Å². The molecule has 0 fully saturated rings. The van der Waals surface area contributed by atoms with E-state index in [0.29, 0.717) is 31.0 Å². The molecule has 1 heterocycles. The number of ether oxygens (including phenoxy) is 2. The van der Waals surface area contributed by atoms with Gasteiger partial charge in [0.1, 0.15) is 24.7 Å². The van der Waals surface area contributed by atoms with Crippen molar-refractivity contribution < 1.29 is 14.3 Å². The number of aryl methyl sites for hydroxylation is 2. The number of benzene rings is 1. The van der Waals surface area contributed by atoms with Gasteiger partial charge in [0.05, 0.1) is 11.4 Å². The van der Waals surface area contributed by atoms with E-state index in [1.165, 1.54) is 0 Å². The van der Waals surface area contributed by atoms with Crippen LogP contribution in [-0.2, 0) is 11.4 Å². The second-order valence-electron chi connectivity index (χ2n) is 5.89. The summed E-state index contributed by atoms with van der Waals surface area (Å²) in [5.41, 5.74) is 4.12. The standard InChI is InChI=1S/C21H24N2O3/c1-5-6-10-25-19-11-15(2)21(16(3)12-19)26-13-18-8-7-9-22-20(18)17(4)23-14-24/h5-9,11-12,14H,10,13H2,1-4H3/b6-5+,23-17?. The summed E-state index contributed by atoms with van der Waals surface area (Å²) in [7, 11) is 0. The van der Waals surface area contributed by atoms with Crippen molar-refractivity contribution in [2.75, 3.05) is 6.61 Å². The maximum Gasteiger partial charge on any atom is 0.233 e. The fraction of sp³-hybridized carbons (Fsp3) is 0.286. The first-order valence-corrected chi connectivity index (χ1v) is 8.47. The number of allylic oxidation sites excluding steroid dienone is 1. The lowest BCUT2D eigenvalue weighted by atomic mass is 10.1. The summed E-state index contributed by atoms with van der Waals surface area (Å²) in [5, 5.41) is 0. The maximum absolute atomic E-state index is 10.6. The molecule has 1 aromatic carbocycles. The van der Waals surface area contributed by atoms with Crippen molar-refractivity contribution in [1.82, 2.24) is 4.98 Å². The highest BCUT2D eigenvalue weighted by atomic mass is 16.5. The van der Waals surface area contributed by atoms with Crippen LogP contribution < -0.4 is 9.47 Å². The molecule has 0 saturated heterocycles. The van der Waals surface area contributed by atoms with Crippen molar-refractivity contribution >= 4 is 12.1 Å². The SMILES string of the molecule is C/C=C/COc1cc(C)c(OCc2cccnc2C(C)=NC=O)c(C)c1. The van der Waals surface area contributed by atoms with E-state index in [1.807, 2.05) is 57.2 Å². The van der Waals surface area contributed by atoms with Crippen molar-refractivity contribution in [2.45, 2.75) is 34.3 Å². The number of nitrogens with zero attached hydrogens (tertiary/aromatic N) is 2. The van der Waals surface area contributed by atoms with Gasteiger partial charge in [-0.15, -0.1) is 0 Å². The van der Waals surface area contributed by atoms with Gasteiger partial charge in [0.2, 0.25) is 6.41 Å². The number of amides is 1. The van der Waals surface area contributed by atoms with Crippen molar-refractivity contribution in [3.8, 4) is 11.5 Å². The van der Waals surface area contributed by atoms with Crippen LogP contribution in [0.25, 0.3) is 0 Å². The number of pyridine rings is 1. The lowest BCUT2D eigenvalue weighted by molar-refractivity contribution is -0.106. The Balaban J connectivity index is 2.18. The highest BCUT2D eigenvalue weighted by molar-refractivity contribution is 6.01. The molecule has 0 radical (unpaired) electrons. The van der Waals surface area contributed by atoms with E-state index in [-0.39, 0.29) is 0 Å². The average Bonchev–Trinajstić information content (AvgIpc) is 2.62. The van der Waals surface area contributed by atoms with Crippen molar-refractivity contribution in [1.29, 1.82) is 0 Å². The first-order chi connectivity index (χ1) is 12.6. The summed E-state index contributed by atoms with van der Waals surface area (Å²) >= 11 is 0. The predicted molar refractivity (Wildman–Crippen MR) is 103 cm³/mol. The smallest absolute Gasteiger partial charge is 0.233 e. The molecular formula is C21H24N2O3. The van der Waals surface area contributed by atoms with Crippen molar-refractivity contribution in [3.63, 3.8) is 0 Å². The molecule has 0 atom stereocenters. The number of aromatic nitrogens is 1. The Labute approximate surface area is 154 Å². The summed E-state index contributed by atoms with van der Waals surface area (Å²) in [5.74, 6) is 1.64. The fourth-order valence-corrected chi connectivity index (χ4v) is 2.63. The number of hydrogen-bond donors (Lipinski definition) is 0. The van der Waals surface area contributed by atoms with E-state index in [0.717, 1.165) is 28.2 Å². The van der Waals surface area contributed by atoms with Gasteiger partial charge >= 0.3 is 0 Å². The molecular weight excluding hydrogens is 328 g/mol.